The fourth-order valence-electron chi connectivity index (χ4n) is 2.04. The molecule has 2 aromatic rings. The van der Waals surface area contributed by atoms with Crippen LogP contribution in [0, 0.1) is 0 Å². The minimum atomic E-state index is -1.02. The zero-order valence-electron chi connectivity index (χ0n) is 11.8. The minimum absolute atomic E-state index is 0.0174. The number of aldehydes is 1. The number of nitrogens with zero attached hydrogens (tertiary/aromatic N) is 3. The Labute approximate surface area is 139 Å². The van der Waals surface area contributed by atoms with Crippen molar-refractivity contribution in [3.05, 3.63) is 63.7 Å². The van der Waals surface area contributed by atoms with Crippen molar-refractivity contribution >= 4 is 39.5 Å². The lowest BCUT2D eigenvalue weighted by atomic mass is 10.1. The summed E-state index contributed by atoms with van der Waals surface area (Å²) in [5.41, 5.74) is 3.42. The molecule has 0 bridgehead atoms. The molecule has 0 radical (unpaired) electrons. The SMILES string of the molecule is O=C/C(=N/Nc1ccc(Br)cc1)C1N=c2ccccc2=NC1=O. The lowest BCUT2D eigenvalue weighted by molar-refractivity contribution is -0.118. The Morgan fingerprint density at radius 3 is 2.52 bits per heavy atom. The average Bonchev–Trinajstić information content (AvgIpc) is 2.57. The molecule has 114 valence electrons. The number of para-hydroxylation sites is 2. The number of rotatable bonds is 4. The summed E-state index contributed by atoms with van der Waals surface area (Å²) in [6.07, 6.45) is 0.515. The summed E-state index contributed by atoms with van der Waals surface area (Å²) in [5, 5.41) is 5.06. The first kappa shape index (κ1) is 15.2. The van der Waals surface area contributed by atoms with Crippen LogP contribution in [0.3, 0.4) is 0 Å². The van der Waals surface area contributed by atoms with Gasteiger partial charge in [-0.3, -0.25) is 20.0 Å². The van der Waals surface area contributed by atoms with Gasteiger partial charge in [-0.25, -0.2) is 4.99 Å². The Bertz CT molecular complexity index is 906. The van der Waals surface area contributed by atoms with Crippen LogP contribution in [0.1, 0.15) is 0 Å². The number of carbonyl (C=O) groups is 2. The van der Waals surface area contributed by atoms with Gasteiger partial charge in [0.25, 0.3) is 5.91 Å². The van der Waals surface area contributed by atoms with Crippen LogP contribution in [0.25, 0.3) is 0 Å². The number of carbonyl (C=O) groups excluding carboxylic acids is 2. The van der Waals surface area contributed by atoms with E-state index in [9.17, 15) is 9.59 Å². The molecule has 3 rings (SSSR count). The number of halogens is 1. The van der Waals surface area contributed by atoms with E-state index >= 15 is 0 Å². The van der Waals surface area contributed by atoms with E-state index in [0.717, 1.165) is 4.47 Å². The number of hydrazone groups is 1. The average molecular weight is 371 g/mol. The Balaban J connectivity index is 1.90. The van der Waals surface area contributed by atoms with Gasteiger partial charge in [0, 0.05) is 4.47 Å². The van der Waals surface area contributed by atoms with Crippen molar-refractivity contribution < 1.29 is 9.59 Å². The van der Waals surface area contributed by atoms with Crippen LogP contribution in [-0.2, 0) is 9.59 Å². The van der Waals surface area contributed by atoms with Gasteiger partial charge in [0.2, 0.25) is 0 Å². The van der Waals surface area contributed by atoms with Crippen LogP contribution in [0.15, 0.2) is 68.1 Å². The number of fused-ring (bicyclic) bond motifs is 1. The Hall–Kier alpha value is -2.67. The molecule has 1 aliphatic rings. The highest BCUT2D eigenvalue weighted by atomic mass is 79.9. The standard InChI is InChI=1S/C16H11BrN4O2/c17-10-5-7-11(8-6-10)20-21-14(9-22)15-16(23)19-13-4-2-1-3-12(13)18-15/h1-9,15,20H/b21-14-. The highest BCUT2D eigenvalue weighted by Gasteiger charge is 2.25. The van der Waals surface area contributed by atoms with Crippen molar-refractivity contribution in [2.75, 3.05) is 5.43 Å². The molecule has 1 heterocycles. The van der Waals surface area contributed by atoms with Crippen LogP contribution in [0.2, 0.25) is 0 Å². The molecule has 0 saturated heterocycles. The van der Waals surface area contributed by atoms with Gasteiger partial charge in [0.1, 0.15) is 5.71 Å². The molecular formula is C16H11BrN4O2. The van der Waals surface area contributed by atoms with E-state index in [1.165, 1.54) is 0 Å². The zero-order valence-corrected chi connectivity index (χ0v) is 13.4. The molecule has 0 aromatic heterocycles. The summed E-state index contributed by atoms with van der Waals surface area (Å²) < 4.78 is 0.926. The van der Waals surface area contributed by atoms with Crippen LogP contribution in [0.5, 0.6) is 0 Å². The van der Waals surface area contributed by atoms with Gasteiger partial charge in [-0.2, -0.15) is 5.10 Å². The molecule has 0 saturated carbocycles. The third-order valence-electron chi connectivity index (χ3n) is 3.17. The predicted molar refractivity (Wildman–Crippen MR) is 88.8 cm³/mol. The number of hydrogen-bond acceptors (Lipinski definition) is 5. The normalized spacial score (nSPS) is 16.8. The van der Waals surface area contributed by atoms with Crippen molar-refractivity contribution in [1.82, 2.24) is 0 Å². The highest BCUT2D eigenvalue weighted by molar-refractivity contribution is 9.10. The van der Waals surface area contributed by atoms with Crippen LogP contribution >= 0.6 is 15.9 Å². The van der Waals surface area contributed by atoms with Crippen molar-refractivity contribution in [1.29, 1.82) is 0 Å². The van der Waals surface area contributed by atoms with E-state index in [0.29, 0.717) is 22.7 Å². The fraction of sp³-hybridized carbons (Fsp3) is 0.0625. The molecule has 0 aliphatic carbocycles. The molecule has 23 heavy (non-hydrogen) atoms. The van der Waals surface area contributed by atoms with Crippen LogP contribution in [-0.4, -0.2) is 23.9 Å². The van der Waals surface area contributed by atoms with Gasteiger partial charge in [-0.1, -0.05) is 28.1 Å². The molecule has 1 amide bonds. The first-order valence-corrected chi connectivity index (χ1v) is 7.56. The largest absolute Gasteiger partial charge is 0.296 e. The molecule has 2 aromatic carbocycles. The van der Waals surface area contributed by atoms with E-state index in [2.05, 4.69) is 36.4 Å². The maximum absolute atomic E-state index is 12.1. The van der Waals surface area contributed by atoms with Crippen molar-refractivity contribution in [3.63, 3.8) is 0 Å². The molecule has 1 N–H and O–H groups in total. The Morgan fingerprint density at radius 2 is 1.83 bits per heavy atom. The van der Waals surface area contributed by atoms with Crippen molar-refractivity contribution in [2.45, 2.75) is 6.04 Å². The van der Waals surface area contributed by atoms with Gasteiger partial charge in [0.15, 0.2) is 12.3 Å². The van der Waals surface area contributed by atoms with Crippen LogP contribution < -0.4 is 16.1 Å². The van der Waals surface area contributed by atoms with Gasteiger partial charge in [0.05, 0.1) is 16.4 Å². The molecule has 1 unspecified atom stereocenters. The molecule has 0 fully saturated rings. The molecule has 1 aliphatic heterocycles. The first-order chi connectivity index (χ1) is 11.2. The smallest absolute Gasteiger partial charge is 0.277 e. The van der Waals surface area contributed by atoms with Gasteiger partial charge < -0.3 is 0 Å². The summed E-state index contributed by atoms with van der Waals surface area (Å²) >= 11 is 3.33. The predicted octanol–water partition coefficient (Wildman–Crippen LogP) is 1.26. The maximum atomic E-state index is 12.1. The van der Waals surface area contributed by atoms with E-state index in [1.54, 1.807) is 36.4 Å². The van der Waals surface area contributed by atoms with Gasteiger partial charge in [-0.15, -0.1) is 0 Å². The number of amides is 1. The topological polar surface area (TPSA) is 83.2 Å². The van der Waals surface area contributed by atoms with Crippen molar-refractivity contribution in [2.24, 2.45) is 15.1 Å². The third-order valence-corrected chi connectivity index (χ3v) is 3.70. The second kappa shape index (κ2) is 6.62. The number of benzene rings is 2. The van der Waals surface area contributed by atoms with E-state index in [1.807, 2.05) is 12.1 Å². The van der Waals surface area contributed by atoms with E-state index in [4.69, 9.17) is 0 Å². The molecule has 7 heteroatoms. The summed E-state index contributed by atoms with van der Waals surface area (Å²) in [4.78, 5) is 31.6. The number of anilines is 1. The molecule has 1 atom stereocenters. The summed E-state index contributed by atoms with van der Waals surface area (Å²) in [5.74, 6) is -0.507. The Kier molecular flexibility index (Phi) is 4.38. The number of nitrogens with one attached hydrogen (secondary N) is 1. The first-order valence-electron chi connectivity index (χ1n) is 6.77. The minimum Gasteiger partial charge on any atom is -0.296 e. The number of hydrogen-bond donors (Lipinski definition) is 1. The molecule has 0 spiro atoms. The second-order valence-corrected chi connectivity index (χ2v) is 5.66. The maximum Gasteiger partial charge on any atom is 0.277 e. The summed E-state index contributed by atoms with van der Waals surface area (Å²) in [6, 6.07) is 13.2. The highest BCUT2D eigenvalue weighted by Crippen LogP contribution is 2.14. The summed E-state index contributed by atoms with van der Waals surface area (Å²) in [6.45, 7) is 0. The molecule has 6 nitrogen and oxygen atoms in total. The van der Waals surface area contributed by atoms with Gasteiger partial charge in [-0.05, 0) is 36.4 Å². The summed E-state index contributed by atoms with van der Waals surface area (Å²) in [7, 11) is 0. The monoisotopic (exact) mass is 370 g/mol. The van der Waals surface area contributed by atoms with Crippen molar-refractivity contribution in [3.8, 4) is 0 Å². The second-order valence-electron chi connectivity index (χ2n) is 4.74. The third kappa shape index (κ3) is 3.40. The molecular weight excluding hydrogens is 360 g/mol. The van der Waals surface area contributed by atoms with Crippen LogP contribution in [0.4, 0.5) is 5.69 Å². The van der Waals surface area contributed by atoms with Gasteiger partial charge >= 0.3 is 0 Å². The lowest BCUT2D eigenvalue weighted by Gasteiger charge is -2.11. The van der Waals surface area contributed by atoms with E-state index < -0.39 is 11.9 Å². The Morgan fingerprint density at radius 1 is 1.13 bits per heavy atom. The lowest BCUT2D eigenvalue weighted by Crippen LogP contribution is -2.41. The zero-order chi connectivity index (χ0) is 16.2. The van der Waals surface area contributed by atoms with E-state index in [-0.39, 0.29) is 5.71 Å². The quantitative estimate of drug-likeness (QED) is 0.499. The fourth-order valence-corrected chi connectivity index (χ4v) is 2.30.